The second-order valence-electron chi connectivity index (χ2n) is 5.97. The van der Waals surface area contributed by atoms with Gasteiger partial charge in [0.05, 0.1) is 23.4 Å². The average molecular weight is 395 g/mol. The molecule has 0 spiro atoms. The van der Waals surface area contributed by atoms with Crippen molar-refractivity contribution in [2.75, 3.05) is 17.7 Å². The lowest BCUT2D eigenvalue weighted by atomic mass is 10.2. The number of hydrogen-bond donors (Lipinski definition) is 2. The van der Waals surface area contributed by atoms with E-state index in [4.69, 9.17) is 4.74 Å². The predicted octanol–water partition coefficient (Wildman–Crippen LogP) is 3.00. The Bertz CT molecular complexity index is 1070. The number of carbonyl (C=O) groups excluding carboxylic acids is 2. The zero-order valence-electron chi connectivity index (χ0n) is 15.6. The van der Waals surface area contributed by atoms with Gasteiger partial charge in [-0.3, -0.25) is 19.7 Å². The molecular formula is C19H17N5O5. The van der Waals surface area contributed by atoms with Gasteiger partial charge in [0, 0.05) is 30.9 Å². The van der Waals surface area contributed by atoms with Crippen molar-refractivity contribution in [2.24, 2.45) is 0 Å². The summed E-state index contributed by atoms with van der Waals surface area (Å²) in [4.78, 5) is 34.1. The lowest BCUT2D eigenvalue weighted by Gasteiger charge is -2.11. The minimum absolute atomic E-state index is 0.0370. The summed E-state index contributed by atoms with van der Waals surface area (Å²) in [6, 6.07) is 12.1. The third-order valence-electron chi connectivity index (χ3n) is 3.91. The SMILES string of the molecule is COc1ccc(NC(C)=O)cc1NC(=O)c1ccn(-c2ccc([N+](=O)[O-])cc2)n1. The Labute approximate surface area is 165 Å². The number of hydrogen-bond acceptors (Lipinski definition) is 6. The Morgan fingerprint density at radius 1 is 1.10 bits per heavy atom. The van der Waals surface area contributed by atoms with Gasteiger partial charge in [0.25, 0.3) is 11.6 Å². The summed E-state index contributed by atoms with van der Waals surface area (Å²) >= 11 is 0. The van der Waals surface area contributed by atoms with Crippen molar-refractivity contribution in [1.82, 2.24) is 9.78 Å². The Kier molecular flexibility index (Phi) is 5.54. The molecule has 2 amide bonds. The first-order valence-corrected chi connectivity index (χ1v) is 8.45. The van der Waals surface area contributed by atoms with Gasteiger partial charge in [-0.05, 0) is 36.4 Å². The molecule has 1 aromatic heterocycles. The van der Waals surface area contributed by atoms with E-state index in [1.165, 1.54) is 49.0 Å². The van der Waals surface area contributed by atoms with Crippen LogP contribution in [0.2, 0.25) is 0 Å². The third-order valence-corrected chi connectivity index (χ3v) is 3.91. The summed E-state index contributed by atoms with van der Waals surface area (Å²) in [6.45, 7) is 1.38. The zero-order chi connectivity index (χ0) is 21.0. The molecule has 3 rings (SSSR count). The molecule has 0 aliphatic rings. The van der Waals surface area contributed by atoms with Gasteiger partial charge < -0.3 is 15.4 Å². The number of anilines is 2. The van der Waals surface area contributed by atoms with E-state index in [2.05, 4.69) is 15.7 Å². The average Bonchev–Trinajstić information content (AvgIpc) is 3.18. The number of nitrogens with one attached hydrogen (secondary N) is 2. The van der Waals surface area contributed by atoms with Gasteiger partial charge >= 0.3 is 0 Å². The normalized spacial score (nSPS) is 10.3. The van der Waals surface area contributed by atoms with Crippen LogP contribution in [0, 0.1) is 10.1 Å². The molecule has 148 valence electrons. The molecule has 0 radical (unpaired) electrons. The van der Waals surface area contributed by atoms with Gasteiger partial charge in [-0.25, -0.2) is 4.68 Å². The number of nitro groups is 1. The number of ether oxygens (including phenoxy) is 1. The van der Waals surface area contributed by atoms with E-state index in [0.29, 0.717) is 22.8 Å². The van der Waals surface area contributed by atoms with E-state index in [9.17, 15) is 19.7 Å². The molecule has 0 atom stereocenters. The topological polar surface area (TPSA) is 128 Å². The Morgan fingerprint density at radius 3 is 2.45 bits per heavy atom. The van der Waals surface area contributed by atoms with Crippen molar-refractivity contribution in [3.63, 3.8) is 0 Å². The molecule has 0 bridgehead atoms. The largest absolute Gasteiger partial charge is 0.495 e. The molecule has 0 aliphatic carbocycles. The van der Waals surface area contributed by atoms with Crippen LogP contribution < -0.4 is 15.4 Å². The van der Waals surface area contributed by atoms with Gasteiger partial charge in [0.15, 0.2) is 5.69 Å². The van der Waals surface area contributed by atoms with E-state index in [1.807, 2.05) is 0 Å². The first-order chi connectivity index (χ1) is 13.9. The molecule has 0 saturated carbocycles. The van der Waals surface area contributed by atoms with Crippen LogP contribution >= 0.6 is 0 Å². The molecule has 3 aromatic rings. The fraction of sp³-hybridized carbons (Fsp3) is 0.105. The Balaban J connectivity index is 1.80. The maximum Gasteiger partial charge on any atom is 0.276 e. The van der Waals surface area contributed by atoms with Crippen molar-refractivity contribution in [3.05, 3.63) is 70.5 Å². The van der Waals surface area contributed by atoms with E-state index in [1.54, 1.807) is 24.4 Å². The summed E-state index contributed by atoms with van der Waals surface area (Å²) in [6.07, 6.45) is 1.57. The van der Waals surface area contributed by atoms with Crippen molar-refractivity contribution >= 4 is 28.9 Å². The first-order valence-electron chi connectivity index (χ1n) is 8.45. The third kappa shape index (κ3) is 4.56. The van der Waals surface area contributed by atoms with Gasteiger partial charge in [0.1, 0.15) is 5.75 Å². The molecule has 2 aromatic carbocycles. The summed E-state index contributed by atoms with van der Waals surface area (Å²) < 4.78 is 6.67. The van der Waals surface area contributed by atoms with Crippen molar-refractivity contribution in [2.45, 2.75) is 6.92 Å². The van der Waals surface area contributed by atoms with Gasteiger partial charge in [-0.2, -0.15) is 5.10 Å². The molecule has 0 fully saturated rings. The highest BCUT2D eigenvalue weighted by Crippen LogP contribution is 2.28. The molecule has 0 saturated heterocycles. The van der Waals surface area contributed by atoms with Crippen LogP contribution in [0.3, 0.4) is 0 Å². The standard InChI is InChI=1S/C19H17N5O5/c1-12(25)20-13-3-8-18(29-2)17(11-13)21-19(26)16-9-10-23(22-16)14-4-6-15(7-5-14)24(27)28/h3-11H,1-2H3,(H,20,25)(H,21,26). The highest BCUT2D eigenvalue weighted by Gasteiger charge is 2.14. The predicted molar refractivity (Wildman–Crippen MR) is 105 cm³/mol. The highest BCUT2D eigenvalue weighted by atomic mass is 16.6. The minimum atomic E-state index is -0.492. The lowest BCUT2D eigenvalue weighted by molar-refractivity contribution is -0.384. The van der Waals surface area contributed by atoms with Crippen LogP contribution in [0.5, 0.6) is 5.75 Å². The quantitative estimate of drug-likeness (QED) is 0.488. The van der Waals surface area contributed by atoms with Crippen molar-refractivity contribution in [1.29, 1.82) is 0 Å². The number of benzene rings is 2. The lowest BCUT2D eigenvalue weighted by Crippen LogP contribution is -2.14. The number of aromatic nitrogens is 2. The second-order valence-corrected chi connectivity index (χ2v) is 5.97. The molecule has 0 aliphatic heterocycles. The Hall–Kier alpha value is -4.21. The number of methoxy groups -OCH3 is 1. The van der Waals surface area contributed by atoms with Gasteiger partial charge in [-0.15, -0.1) is 0 Å². The van der Waals surface area contributed by atoms with Crippen LogP contribution in [0.15, 0.2) is 54.7 Å². The number of amides is 2. The highest BCUT2D eigenvalue weighted by molar-refractivity contribution is 6.04. The maximum absolute atomic E-state index is 12.6. The second kappa shape index (κ2) is 8.21. The van der Waals surface area contributed by atoms with Crippen LogP contribution in [-0.4, -0.2) is 33.6 Å². The van der Waals surface area contributed by atoms with E-state index >= 15 is 0 Å². The number of non-ortho nitro benzene ring substituents is 1. The number of carbonyl (C=O) groups is 2. The number of nitro benzene ring substituents is 1. The summed E-state index contributed by atoms with van der Waals surface area (Å²) in [5.41, 5.74) is 1.54. The Morgan fingerprint density at radius 2 is 1.83 bits per heavy atom. The van der Waals surface area contributed by atoms with Gasteiger partial charge in [-0.1, -0.05) is 0 Å². The smallest absolute Gasteiger partial charge is 0.276 e. The van der Waals surface area contributed by atoms with Crippen LogP contribution in [0.4, 0.5) is 17.1 Å². The summed E-state index contributed by atoms with van der Waals surface area (Å²) in [5, 5.41) is 20.3. The molecule has 29 heavy (non-hydrogen) atoms. The van der Waals surface area contributed by atoms with Crippen molar-refractivity contribution < 1.29 is 19.2 Å². The van der Waals surface area contributed by atoms with E-state index in [-0.39, 0.29) is 17.3 Å². The summed E-state index contributed by atoms with van der Waals surface area (Å²) in [7, 11) is 1.46. The zero-order valence-corrected chi connectivity index (χ0v) is 15.6. The fourth-order valence-corrected chi connectivity index (χ4v) is 2.59. The maximum atomic E-state index is 12.6. The van der Waals surface area contributed by atoms with Crippen LogP contribution in [0.1, 0.15) is 17.4 Å². The monoisotopic (exact) mass is 395 g/mol. The molecule has 2 N–H and O–H groups in total. The van der Waals surface area contributed by atoms with Crippen LogP contribution in [0.25, 0.3) is 5.69 Å². The van der Waals surface area contributed by atoms with E-state index < -0.39 is 10.8 Å². The summed E-state index contributed by atoms with van der Waals surface area (Å²) in [5.74, 6) is -0.305. The molecule has 10 nitrogen and oxygen atoms in total. The van der Waals surface area contributed by atoms with E-state index in [0.717, 1.165) is 0 Å². The molecule has 10 heteroatoms. The fourth-order valence-electron chi connectivity index (χ4n) is 2.59. The molecule has 0 unspecified atom stereocenters. The number of nitrogens with zero attached hydrogens (tertiary/aromatic N) is 3. The van der Waals surface area contributed by atoms with Crippen LogP contribution in [-0.2, 0) is 4.79 Å². The van der Waals surface area contributed by atoms with Crippen molar-refractivity contribution in [3.8, 4) is 11.4 Å². The first kappa shape index (κ1) is 19.5. The minimum Gasteiger partial charge on any atom is -0.495 e. The van der Waals surface area contributed by atoms with Gasteiger partial charge in [0.2, 0.25) is 5.91 Å². The molecular weight excluding hydrogens is 378 g/mol. The molecule has 1 heterocycles. The number of rotatable bonds is 6.